The maximum Gasteiger partial charge on any atom is 0.337 e. The van der Waals surface area contributed by atoms with Crippen molar-refractivity contribution in [1.29, 1.82) is 0 Å². The number of aromatic nitrogens is 4. The van der Waals surface area contributed by atoms with Crippen LogP contribution in [-0.4, -0.2) is 32.6 Å². The number of ether oxygens (including phenoxy) is 1. The lowest BCUT2D eigenvalue weighted by Gasteiger charge is -2.10. The van der Waals surface area contributed by atoms with Crippen LogP contribution in [0.15, 0.2) is 49.2 Å². The lowest BCUT2D eigenvalue weighted by Crippen LogP contribution is -2.05. The molecular weight excluding hydrogens is 294 g/mol. The quantitative estimate of drug-likeness (QED) is 0.746. The van der Waals surface area contributed by atoms with Crippen molar-refractivity contribution in [3.05, 3.63) is 60.3 Å². The third kappa shape index (κ3) is 3.18. The monoisotopic (exact) mass is 309 g/mol. The molecule has 0 saturated carbocycles. The molecule has 7 nitrogen and oxygen atoms in total. The molecule has 3 rings (SSSR count). The number of hydrogen-bond donors (Lipinski definition) is 1. The predicted octanol–water partition coefficient (Wildman–Crippen LogP) is 2.50. The Morgan fingerprint density at radius 3 is 2.87 bits per heavy atom. The molecule has 2 heterocycles. The number of hydrogen-bond acceptors (Lipinski definition) is 6. The first-order valence-corrected chi connectivity index (χ1v) is 6.95. The minimum Gasteiger partial charge on any atom is -0.465 e. The van der Waals surface area contributed by atoms with Gasteiger partial charge < -0.3 is 10.1 Å². The zero-order chi connectivity index (χ0) is 16.2. The Bertz CT molecular complexity index is 830. The molecule has 0 aliphatic heterocycles. The smallest absolute Gasteiger partial charge is 0.337 e. The van der Waals surface area contributed by atoms with E-state index in [-0.39, 0.29) is 5.97 Å². The highest BCUT2D eigenvalue weighted by atomic mass is 16.5. The molecule has 0 saturated heterocycles. The molecule has 0 amide bonds. The van der Waals surface area contributed by atoms with Crippen molar-refractivity contribution in [2.24, 2.45) is 0 Å². The van der Waals surface area contributed by atoms with Crippen LogP contribution in [0.25, 0.3) is 5.82 Å². The fourth-order valence-electron chi connectivity index (χ4n) is 2.07. The largest absolute Gasteiger partial charge is 0.465 e. The molecular formula is C16H15N5O2. The summed E-state index contributed by atoms with van der Waals surface area (Å²) >= 11 is 0. The van der Waals surface area contributed by atoms with Gasteiger partial charge in [-0.2, -0.15) is 4.98 Å². The summed E-state index contributed by atoms with van der Waals surface area (Å²) in [6.07, 6.45) is 6.80. The second-order valence-corrected chi connectivity index (χ2v) is 4.85. The second kappa shape index (κ2) is 6.27. The SMILES string of the molecule is COC(=O)c1ccc(C)c(Nc2nccc(-n3ccnc3)n2)c1. The Morgan fingerprint density at radius 1 is 1.26 bits per heavy atom. The second-order valence-electron chi connectivity index (χ2n) is 4.85. The summed E-state index contributed by atoms with van der Waals surface area (Å²) in [5, 5.41) is 3.13. The third-order valence-electron chi connectivity index (χ3n) is 3.31. The molecule has 7 heteroatoms. The fraction of sp³-hybridized carbons (Fsp3) is 0.125. The van der Waals surface area contributed by atoms with Crippen molar-refractivity contribution in [3.63, 3.8) is 0 Å². The summed E-state index contributed by atoms with van der Waals surface area (Å²) in [6, 6.07) is 7.06. The molecule has 0 atom stereocenters. The minimum atomic E-state index is -0.388. The molecule has 0 aliphatic rings. The lowest BCUT2D eigenvalue weighted by molar-refractivity contribution is 0.0601. The van der Waals surface area contributed by atoms with E-state index in [1.807, 2.05) is 13.0 Å². The highest BCUT2D eigenvalue weighted by Gasteiger charge is 2.09. The number of aryl methyl sites for hydroxylation is 1. The zero-order valence-corrected chi connectivity index (χ0v) is 12.7. The van der Waals surface area contributed by atoms with Gasteiger partial charge in [-0.1, -0.05) is 6.07 Å². The molecule has 1 N–H and O–H groups in total. The maximum absolute atomic E-state index is 11.6. The zero-order valence-electron chi connectivity index (χ0n) is 12.7. The van der Waals surface area contributed by atoms with Crippen LogP contribution < -0.4 is 5.32 Å². The fourth-order valence-corrected chi connectivity index (χ4v) is 2.07. The van der Waals surface area contributed by atoms with Gasteiger partial charge in [0.25, 0.3) is 0 Å². The van der Waals surface area contributed by atoms with Crippen molar-refractivity contribution < 1.29 is 9.53 Å². The van der Waals surface area contributed by atoms with Crippen molar-refractivity contribution in [2.75, 3.05) is 12.4 Å². The molecule has 0 radical (unpaired) electrons. The molecule has 0 fully saturated rings. The number of benzene rings is 1. The molecule has 0 aliphatic carbocycles. The normalized spacial score (nSPS) is 10.3. The van der Waals surface area contributed by atoms with Crippen LogP contribution in [0.2, 0.25) is 0 Å². The van der Waals surface area contributed by atoms with E-state index in [4.69, 9.17) is 4.74 Å². The number of nitrogens with zero attached hydrogens (tertiary/aromatic N) is 4. The van der Waals surface area contributed by atoms with Gasteiger partial charge in [-0.25, -0.2) is 14.8 Å². The number of carbonyl (C=O) groups is 1. The number of imidazole rings is 1. The van der Waals surface area contributed by atoms with E-state index in [1.54, 1.807) is 47.7 Å². The first-order valence-electron chi connectivity index (χ1n) is 6.95. The number of methoxy groups -OCH3 is 1. The van der Waals surface area contributed by atoms with Gasteiger partial charge in [-0.05, 0) is 30.7 Å². The Hall–Kier alpha value is -3.22. The van der Waals surface area contributed by atoms with Crippen molar-refractivity contribution in [1.82, 2.24) is 19.5 Å². The molecule has 3 aromatic rings. The van der Waals surface area contributed by atoms with E-state index in [0.717, 1.165) is 11.3 Å². The highest BCUT2D eigenvalue weighted by molar-refractivity contribution is 5.91. The van der Waals surface area contributed by atoms with Crippen LogP contribution in [-0.2, 0) is 4.74 Å². The van der Waals surface area contributed by atoms with Gasteiger partial charge in [0.05, 0.1) is 12.7 Å². The summed E-state index contributed by atoms with van der Waals surface area (Å²) in [7, 11) is 1.35. The summed E-state index contributed by atoms with van der Waals surface area (Å²) < 4.78 is 6.52. The van der Waals surface area contributed by atoms with E-state index in [0.29, 0.717) is 17.3 Å². The molecule has 2 aromatic heterocycles. The third-order valence-corrected chi connectivity index (χ3v) is 3.31. The molecule has 23 heavy (non-hydrogen) atoms. The van der Waals surface area contributed by atoms with Crippen molar-refractivity contribution >= 4 is 17.6 Å². The van der Waals surface area contributed by atoms with Gasteiger partial charge in [-0.15, -0.1) is 0 Å². The maximum atomic E-state index is 11.6. The van der Waals surface area contributed by atoms with Gasteiger partial charge in [-0.3, -0.25) is 4.57 Å². The number of esters is 1. The van der Waals surface area contributed by atoms with Crippen LogP contribution in [0.3, 0.4) is 0 Å². The van der Waals surface area contributed by atoms with Gasteiger partial charge in [0.15, 0.2) is 0 Å². The van der Waals surface area contributed by atoms with Gasteiger partial charge in [0.2, 0.25) is 5.95 Å². The Morgan fingerprint density at radius 2 is 2.13 bits per heavy atom. The molecule has 0 spiro atoms. The van der Waals surface area contributed by atoms with E-state index < -0.39 is 0 Å². The summed E-state index contributed by atoms with van der Waals surface area (Å²) in [5.41, 5.74) is 2.18. The predicted molar refractivity (Wildman–Crippen MR) is 85.0 cm³/mol. The number of anilines is 2. The van der Waals surface area contributed by atoms with Crippen molar-refractivity contribution in [2.45, 2.75) is 6.92 Å². The Balaban J connectivity index is 1.90. The number of rotatable bonds is 4. The van der Waals surface area contributed by atoms with Crippen molar-refractivity contribution in [3.8, 4) is 5.82 Å². The van der Waals surface area contributed by atoms with E-state index in [2.05, 4.69) is 20.3 Å². The van der Waals surface area contributed by atoms with E-state index >= 15 is 0 Å². The summed E-state index contributed by atoms with van der Waals surface area (Å²) in [4.78, 5) is 24.3. The van der Waals surface area contributed by atoms with Gasteiger partial charge >= 0.3 is 5.97 Å². The molecule has 0 unspecified atom stereocenters. The topological polar surface area (TPSA) is 81.9 Å². The standard InChI is InChI=1S/C16H15N5O2/c1-11-3-4-12(15(22)23-2)9-13(11)19-16-18-6-5-14(20-16)21-8-7-17-10-21/h3-10H,1-2H3,(H,18,19,20). The average Bonchev–Trinajstić information content (AvgIpc) is 3.11. The summed E-state index contributed by atoms with van der Waals surface area (Å²) in [5.74, 6) is 0.740. The van der Waals surface area contributed by atoms with Gasteiger partial charge in [0.1, 0.15) is 12.1 Å². The Labute approximate surface area is 133 Å². The van der Waals surface area contributed by atoms with Gasteiger partial charge in [0, 0.05) is 24.3 Å². The minimum absolute atomic E-state index is 0.388. The first-order chi connectivity index (χ1) is 11.2. The average molecular weight is 309 g/mol. The van der Waals surface area contributed by atoms with Crippen LogP contribution in [0, 0.1) is 6.92 Å². The highest BCUT2D eigenvalue weighted by Crippen LogP contribution is 2.21. The van der Waals surface area contributed by atoms with E-state index in [1.165, 1.54) is 7.11 Å². The molecule has 116 valence electrons. The van der Waals surface area contributed by atoms with E-state index in [9.17, 15) is 4.79 Å². The van der Waals surface area contributed by atoms with Crippen LogP contribution in [0.1, 0.15) is 15.9 Å². The first kappa shape index (κ1) is 14.7. The molecule has 1 aromatic carbocycles. The summed E-state index contributed by atoms with van der Waals surface area (Å²) in [6.45, 7) is 1.93. The van der Waals surface area contributed by atoms with Crippen LogP contribution in [0.4, 0.5) is 11.6 Å². The van der Waals surface area contributed by atoms with Crippen LogP contribution in [0.5, 0.6) is 0 Å². The Kier molecular flexibility index (Phi) is 4.01. The molecule has 0 bridgehead atoms. The lowest BCUT2D eigenvalue weighted by atomic mass is 10.1. The number of nitrogens with one attached hydrogen (secondary N) is 1. The van der Waals surface area contributed by atoms with Crippen LogP contribution >= 0.6 is 0 Å². The number of carbonyl (C=O) groups excluding carboxylic acids is 1.